The van der Waals surface area contributed by atoms with Crippen molar-refractivity contribution in [3.05, 3.63) is 35.0 Å². The molecule has 2 rings (SSSR count). The molecule has 3 nitrogen and oxygen atoms in total. The lowest BCUT2D eigenvalue weighted by Crippen LogP contribution is -2.17. The van der Waals surface area contributed by atoms with Crippen molar-refractivity contribution < 1.29 is 5.11 Å². The minimum Gasteiger partial charge on any atom is -0.387 e. The summed E-state index contributed by atoms with van der Waals surface area (Å²) in [5.41, 5.74) is 4.40. The molecule has 0 aliphatic rings. The normalized spacial score (nSPS) is 13.2. The van der Waals surface area contributed by atoms with Crippen LogP contribution in [0.4, 0.5) is 0 Å². The number of nitrogens with one attached hydrogen (secondary N) is 2. The Morgan fingerprint density at radius 1 is 1.38 bits per heavy atom. The van der Waals surface area contributed by atoms with E-state index in [1.54, 1.807) is 0 Å². The van der Waals surface area contributed by atoms with Crippen molar-refractivity contribution >= 4 is 10.9 Å². The van der Waals surface area contributed by atoms with Crippen LogP contribution in [0.2, 0.25) is 0 Å². The molecule has 86 valence electrons. The van der Waals surface area contributed by atoms with E-state index in [4.69, 9.17) is 0 Å². The second-order valence-electron chi connectivity index (χ2n) is 4.23. The molecule has 1 aromatic carbocycles. The van der Waals surface area contributed by atoms with Gasteiger partial charge in [-0.25, -0.2) is 0 Å². The molecular formula is C13H18N2O. The fraction of sp³-hybridized carbons (Fsp3) is 0.385. The quantitative estimate of drug-likeness (QED) is 0.738. The van der Waals surface area contributed by atoms with Gasteiger partial charge in [-0.2, -0.15) is 0 Å². The molecule has 0 spiro atoms. The first-order chi connectivity index (χ1) is 7.65. The maximum absolute atomic E-state index is 10.1. The van der Waals surface area contributed by atoms with Gasteiger partial charge in [0, 0.05) is 28.7 Å². The Labute approximate surface area is 95.5 Å². The van der Waals surface area contributed by atoms with E-state index in [0.717, 1.165) is 22.2 Å². The van der Waals surface area contributed by atoms with Gasteiger partial charge in [-0.05, 0) is 26.5 Å². The van der Waals surface area contributed by atoms with Gasteiger partial charge in [0.25, 0.3) is 0 Å². The van der Waals surface area contributed by atoms with E-state index in [2.05, 4.69) is 29.4 Å². The van der Waals surface area contributed by atoms with Crippen molar-refractivity contribution in [3.63, 3.8) is 0 Å². The summed E-state index contributed by atoms with van der Waals surface area (Å²) in [5, 5.41) is 14.2. The van der Waals surface area contributed by atoms with Gasteiger partial charge in [0.1, 0.15) is 0 Å². The molecule has 0 bridgehead atoms. The first-order valence-corrected chi connectivity index (χ1v) is 5.55. The zero-order valence-electron chi connectivity index (χ0n) is 9.96. The molecule has 0 aliphatic carbocycles. The number of likely N-dealkylation sites (N-methyl/N-ethyl adjacent to an activating group) is 1. The second kappa shape index (κ2) is 4.28. The minimum atomic E-state index is -0.458. The number of aromatic nitrogens is 1. The van der Waals surface area contributed by atoms with Gasteiger partial charge in [0.15, 0.2) is 0 Å². The molecule has 3 heteroatoms. The predicted molar refractivity (Wildman–Crippen MR) is 66.7 cm³/mol. The fourth-order valence-electron chi connectivity index (χ4n) is 2.24. The Morgan fingerprint density at radius 2 is 2.12 bits per heavy atom. The van der Waals surface area contributed by atoms with Crippen LogP contribution in [0.5, 0.6) is 0 Å². The monoisotopic (exact) mass is 218 g/mol. The molecule has 3 N–H and O–H groups in total. The highest BCUT2D eigenvalue weighted by atomic mass is 16.3. The number of H-pyrrole nitrogens is 1. The van der Waals surface area contributed by atoms with Crippen LogP contribution in [0, 0.1) is 13.8 Å². The van der Waals surface area contributed by atoms with E-state index in [9.17, 15) is 5.11 Å². The first kappa shape index (κ1) is 11.2. The zero-order valence-corrected chi connectivity index (χ0v) is 9.96. The molecule has 0 saturated heterocycles. The Morgan fingerprint density at radius 3 is 2.81 bits per heavy atom. The average Bonchev–Trinajstić information content (AvgIpc) is 2.56. The number of para-hydroxylation sites is 1. The summed E-state index contributed by atoms with van der Waals surface area (Å²) in [6.07, 6.45) is -0.458. The summed E-state index contributed by atoms with van der Waals surface area (Å²) >= 11 is 0. The third kappa shape index (κ3) is 1.72. The Balaban J connectivity index is 2.60. The van der Waals surface area contributed by atoms with Gasteiger partial charge in [-0.1, -0.05) is 18.2 Å². The number of hydrogen-bond donors (Lipinski definition) is 3. The average molecular weight is 218 g/mol. The summed E-state index contributed by atoms with van der Waals surface area (Å²) in [5.74, 6) is 0. The lowest BCUT2D eigenvalue weighted by atomic mass is 10.0. The van der Waals surface area contributed by atoms with Crippen LogP contribution in [0.1, 0.15) is 22.9 Å². The fourth-order valence-corrected chi connectivity index (χ4v) is 2.24. The third-order valence-electron chi connectivity index (χ3n) is 3.01. The van der Waals surface area contributed by atoms with E-state index in [-0.39, 0.29) is 0 Å². The van der Waals surface area contributed by atoms with Gasteiger partial charge in [0.2, 0.25) is 0 Å². The number of hydrogen-bond acceptors (Lipinski definition) is 2. The number of aryl methyl sites for hydroxylation is 2. The summed E-state index contributed by atoms with van der Waals surface area (Å²) in [6.45, 7) is 4.65. The molecule has 0 fully saturated rings. The smallest absolute Gasteiger partial charge is 0.0937 e. The summed E-state index contributed by atoms with van der Waals surface area (Å²) in [7, 11) is 1.85. The van der Waals surface area contributed by atoms with Gasteiger partial charge in [-0.15, -0.1) is 0 Å². The largest absolute Gasteiger partial charge is 0.387 e. The van der Waals surface area contributed by atoms with E-state index in [1.165, 1.54) is 5.56 Å². The number of benzene rings is 1. The predicted octanol–water partition coefficient (Wildman–Crippen LogP) is 2.04. The van der Waals surface area contributed by atoms with Crippen molar-refractivity contribution in [2.24, 2.45) is 0 Å². The van der Waals surface area contributed by atoms with Crippen LogP contribution < -0.4 is 5.32 Å². The number of fused-ring (bicyclic) bond motifs is 1. The molecule has 0 radical (unpaired) electrons. The summed E-state index contributed by atoms with van der Waals surface area (Å²) < 4.78 is 0. The van der Waals surface area contributed by atoms with Gasteiger partial charge >= 0.3 is 0 Å². The van der Waals surface area contributed by atoms with E-state index in [1.807, 2.05) is 20.0 Å². The molecule has 16 heavy (non-hydrogen) atoms. The van der Waals surface area contributed by atoms with Gasteiger partial charge in [0.05, 0.1) is 6.10 Å². The number of aliphatic hydroxyl groups excluding tert-OH is 1. The van der Waals surface area contributed by atoms with Crippen LogP contribution in [0.15, 0.2) is 18.2 Å². The Bertz CT molecular complexity index is 502. The molecule has 1 atom stereocenters. The van der Waals surface area contributed by atoms with Crippen molar-refractivity contribution in [2.75, 3.05) is 13.6 Å². The van der Waals surface area contributed by atoms with E-state index in [0.29, 0.717) is 6.54 Å². The first-order valence-electron chi connectivity index (χ1n) is 5.55. The lowest BCUT2D eigenvalue weighted by molar-refractivity contribution is 0.178. The highest BCUT2D eigenvalue weighted by molar-refractivity contribution is 5.87. The van der Waals surface area contributed by atoms with Crippen molar-refractivity contribution in [3.8, 4) is 0 Å². The topological polar surface area (TPSA) is 48.0 Å². The standard InChI is InChI=1S/C13H18N2O/c1-8-5-4-6-10-12(11(16)7-14-3)9(2)15-13(8)10/h4-6,11,14-16H,7H2,1-3H3. The second-order valence-corrected chi connectivity index (χ2v) is 4.23. The maximum Gasteiger partial charge on any atom is 0.0937 e. The van der Waals surface area contributed by atoms with Crippen LogP contribution in [-0.2, 0) is 0 Å². The molecule has 0 saturated carbocycles. The molecule has 2 aromatic rings. The molecular weight excluding hydrogens is 200 g/mol. The third-order valence-corrected chi connectivity index (χ3v) is 3.01. The number of aromatic amines is 1. The highest BCUT2D eigenvalue weighted by Crippen LogP contribution is 2.29. The van der Waals surface area contributed by atoms with Crippen LogP contribution >= 0.6 is 0 Å². The molecule has 0 aliphatic heterocycles. The van der Waals surface area contributed by atoms with Gasteiger partial charge < -0.3 is 15.4 Å². The summed E-state index contributed by atoms with van der Waals surface area (Å²) in [6, 6.07) is 6.16. The Kier molecular flexibility index (Phi) is 2.99. The van der Waals surface area contributed by atoms with E-state index >= 15 is 0 Å². The highest BCUT2D eigenvalue weighted by Gasteiger charge is 2.16. The van der Waals surface area contributed by atoms with Crippen LogP contribution in [0.3, 0.4) is 0 Å². The van der Waals surface area contributed by atoms with Crippen LogP contribution in [-0.4, -0.2) is 23.7 Å². The SMILES string of the molecule is CNCC(O)c1c(C)[nH]c2c(C)cccc12. The maximum atomic E-state index is 10.1. The molecule has 1 aromatic heterocycles. The Hall–Kier alpha value is -1.32. The molecule has 0 amide bonds. The minimum absolute atomic E-state index is 0.458. The molecule has 1 unspecified atom stereocenters. The zero-order chi connectivity index (χ0) is 11.7. The van der Waals surface area contributed by atoms with Gasteiger partial charge in [-0.3, -0.25) is 0 Å². The van der Waals surface area contributed by atoms with Crippen LogP contribution in [0.25, 0.3) is 10.9 Å². The van der Waals surface area contributed by atoms with Crippen molar-refractivity contribution in [1.29, 1.82) is 0 Å². The number of aliphatic hydroxyl groups is 1. The van der Waals surface area contributed by atoms with E-state index < -0.39 is 6.10 Å². The lowest BCUT2D eigenvalue weighted by Gasteiger charge is -2.10. The molecule has 1 heterocycles. The van der Waals surface area contributed by atoms with Crippen molar-refractivity contribution in [1.82, 2.24) is 10.3 Å². The summed E-state index contributed by atoms with van der Waals surface area (Å²) in [4.78, 5) is 3.35. The van der Waals surface area contributed by atoms with Crippen molar-refractivity contribution in [2.45, 2.75) is 20.0 Å². The number of rotatable bonds is 3.